The number of rotatable bonds is 6. The van der Waals surface area contributed by atoms with E-state index in [0.29, 0.717) is 19.1 Å². The third-order valence-corrected chi connectivity index (χ3v) is 4.28. The van der Waals surface area contributed by atoms with E-state index in [1.807, 2.05) is 0 Å². The lowest BCUT2D eigenvalue weighted by Gasteiger charge is -2.36. The molecule has 1 aromatic rings. The van der Waals surface area contributed by atoms with E-state index in [9.17, 15) is 14.7 Å². The normalized spacial score (nSPS) is 18.6. The number of benzene rings is 1. The van der Waals surface area contributed by atoms with Crippen molar-refractivity contribution in [3.63, 3.8) is 0 Å². The molecule has 1 heterocycles. The minimum absolute atomic E-state index is 0.0167. The van der Waals surface area contributed by atoms with E-state index in [-0.39, 0.29) is 17.2 Å². The number of carboxylic acid groups (broad SMARTS) is 1. The Kier molecular flexibility index (Phi) is 5.98. The van der Waals surface area contributed by atoms with Crippen LogP contribution < -0.4 is 5.32 Å². The van der Waals surface area contributed by atoms with Crippen LogP contribution >= 0.6 is 0 Å². The highest BCUT2D eigenvalue weighted by atomic mass is 16.4. The number of amides is 1. The SMILES string of the molecule is CC(=O)NCC[C@H]1CCCCN1Cc1ccc(O)c(C(=O)O)c1. The molecular weight excluding hydrogens is 296 g/mol. The molecule has 6 heteroatoms. The molecule has 0 unspecified atom stereocenters. The number of carbonyl (C=O) groups is 2. The van der Waals surface area contributed by atoms with Crippen molar-refractivity contribution in [2.75, 3.05) is 13.1 Å². The maximum Gasteiger partial charge on any atom is 0.339 e. The maximum absolute atomic E-state index is 11.1. The number of likely N-dealkylation sites (tertiary alicyclic amines) is 1. The molecule has 3 N–H and O–H groups in total. The molecule has 0 radical (unpaired) electrons. The molecule has 0 bridgehead atoms. The van der Waals surface area contributed by atoms with Gasteiger partial charge in [-0.3, -0.25) is 9.69 Å². The molecule has 0 aliphatic carbocycles. The van der Waals surface area contributed by atoms with Crippen LogP contribution in [0, 0.1) is 0 Å². The first-order chi connectivity index (χ1) is 11.0. The van der Waals surface area contributed by atoms with E-state index in [1.54, 1.807) is 6.07 Å². The number of hydrogen-bond donors (Lipinski definition) is 3. The summed E-state index contributed by atoms with van der Waals surface area (Å²) in [6.45, 7) is 3.80. The predicted octanol–water partition coefficient (Wildman–Crippen LogP) is 1.97. The molecule has 1 fully saturated rings. The molecule has 0 spiro atoms. The van der Waals surface area contributed by atoms with E-state index in [0.717, 1.165) is 31.4 Å². The van der Waals surface area contributed by atoms with Crippen LogP contribution in [0.25, 0.3) is 0 Å². The van der Waals surface area contributed by atoms with E-state index in [4.69, 9.17) is 5.11 Å². The smallest absolute Gasteiger partial charge is 0.339 e. The summed E-state index contributed by atoms with van der Waals surface area (Å²) in [5.41, 5.74) is 0.820. The second-order valence-electron chi connectivity index (χ2n) is 6.05. The van der Waals surface area contributed by atoms with Gasteiger partial charge in [0.05, 0.1) is 0 Å². The number of carbonyl (C=O) groups excluding carboxylic acids is 1. The quantitative estimate of drug-likeness (QED) is 0.745. The van der Waals surface area contributed by atoms with Gasteiger partial charge >= 0.3 is 5.97 Å². The highest BCUT2D eigenvalue weighted by Crippen LogP contribution is 2.24. The standard InChI is InChI=1S/C17H24N2O4/c1-12(20)18-8-7-14-4-2-3-9-19(14)11-13-5-6-16(21)15(10-13)17(22)23/h5-6,10,14,21H,2-4,7-9,11H2,1H3,(H,18,20)(H,22,23)/t14-/m1/s1. The molecule has 1 aliphatic rings. The summed E-state index contributed by atoms with van der Waals surface area (Å²) in [6, 6.07) is 5.13. The van der Waals surface area contributed by atoms with Crippen LogP contribution in [0.2, 0.25) is 0 Å². The Labute approximate surface area is 136 Å². The van der Waals surface area contributed by atoms with Gasteiger partial charge in [0.15, 0.2) is 0 Å². The molecule has 0 aromatic heterocycles. The first-order valence-electron chi connectivity index (χ1n) is 8.01. The van der Waals surface area contributed by atoms with Crippen molar-refractivity contribution in [2.24, 2.45) is 0 Å². The van der Waals surface area contributed by atoms with Gasteiger partial charge in [-0.15, -0.1) is 0 Å². The average molecular weight is 320 g/mol. The van der Waals surface area contributed by atoms with E-state index >= 15 is 0 Å². The molecule has 0 saturated carbocycles. The van der Waals surface area contributed by atoms with Crippen molar-refractivity contribution in [3.05, 3.63) is 29.3 Å². The zero-order chi connectivity index (χ0) is 16.8. The lowest BCUT2D eigenvalue weighted by molar-refractivity contribution is -0.119. The summed E-state index contributed by atoms with van der Waals surface area (Å²) in [5, 5.41) is 21.5. The number of aromatic carboxylic acids is 1. The number of nitrogens with zero attached hydrogens (tertiary/aromatic N) is 1. The molecule has 1 atom stereocenters. The van der Waals surface area contributed by atoms with Crippen LogP contribution in [-0.4, -0.2) is 46.1 Å². The third-order valence-electron chi connectivity index (χ3n) is 4.28. The molecule has 1 aromatic carbocycles. The van der Waals surface area contributed by atoms with Gasteiger partial charge in [-0.2, -0.15) is 0 Å². The van der Waals surface area contributed by atoms with Crippen molar-refractivity contribution >= 4 is 11.9 Å². The lowest BCUT2D eigenvalue weighted by Crippen LogP contribution is -2.41. The van der Waals surface area contributed by atoms with Crippen molar-refractivity contribution in [3.8, 4) is 5.75 Å². The molecular formula is C17H24N2O4. The van der Waals surface area contributed by atoms with Crippen LogP contribution in [0.4, 0.5) is 0 Å². The molecule has 2 rings (SSSR count). The van der Waals surface area contributed by atoms with Gasteiger partial charge < -0.3 is 15.5 Å². The van der Waals surface area contributed by atoms with E-state index < -0.39 is 5.97 Å². The Bertz CT molecular complexity index is 574. The fraction of sp³-hybridized carbons (Fsp3) is 0.529. The van der Waals surface area contributed by atoms with Gasteiger partial charge in [0.25, 0.3) is 0 Å². The van der Waals surface area contributed by atoms with Crippen molar-refractivity contribution in [1.82, 2.24) is 10.2 Å². The first-order valence-corrected chi connectivity index (χ1v) is 8.01. The van der Waals surface area contributed by atoms with E-state index in [2.05, 4.69) is 10.2 Å². The minimum atomic E-state index is -1.12. The largest absolute Gasteiger partial charge is 0.507 e. The Morgan fingerprint density at radius 1 is 1.35 bits per heavy atom. The number of hydrogen-bond acceptors (Lipinski definition) is 4. The summed E-state index contributed by atoms with van der Waals surface area (Å²) in [7, 11) is 0. The summed E-state index contributed by atoms with van der Waals surface area (Å²) in [6.07, 6.45) is 4.28. The van der Waals surface area contributed by atoms with Crippen LogP contribution in [0.5, 0.6) is 5.75 Å². The lowest BCUT2D eigenvalue weighted by atomic mass is 9.98. The Hall–Kier alpha value is -2.08. The summed E-state index contributed by atoms with van der Waals surface area (Å²) < 4.78 is 0. The van der Waals surface area contributed by atoms with Crippen LogP contribution in [-0.2, 0) is 11.3 Å². The second-order valence-corrected chi connectivity index (χ2v) is 6.05. The van der Waals surface area contributed by atoms with Gasteiger partial charge in [-0.1, -0.05) is 12.5 Å². The molecule has 1 amide bonds. The predicted molar refractivity (Wildman–Crippen MR) is 86.4 cm³/mol. The van der Waals surface area contributed by atoms with Crippen LogP contribution in [0.15, 0.2) is 18.2 Å². The number of piperidine rings is 1. The van der Waals surface area contributed by atoms with Gasteiger partial charge in [-0.05, 0) is 43.5 Å². The fourth-order valence-corrected chi connectivity index (χ4v) is 3.10. The summed E-state index contributed by atoms with van der Waals surface area (Å²) >= 11 is 0. The zero-order valence-corrected chi connectivity index (χ0v) is 13.4. The minimum Gasteiger partial charge on any atom is -0.507 e. The number of carboxylic acids is 1. The maximum atomic E-state index is 11.1. The van der Waals surface area contributed by atoms with Gasteiger partial charge in [0.2, 0.25) is 5.91 Å². The topological polar surface area (TPSA) is 89.9 Å². The first kappa shape index (κ1) is 17.3. The van der Waals surface area contributed by atoms with Gasteiger partial charge in [0.1, 0.15) is 11.3 Å². The van der Waals surface area contributed by atoms with Gasteiger partial charge in [0, 0.05) is 26.1 Å². The highest BCUT2D eigenvalue weighted by molar-refractivity contribution is 5.90. The summed E-state index contributed by atoms with van der Waals surface area (Å²) in [4.78, 5) is 24.4. The molecule has 23 heavy (non-hydrogen) atoms. The Morgan fingerprint density at radius 2 is 2.13 bits per heavy atom. The second kappa shape index (κ2) is 7.97. The number of nitrogens with one attached hydrogen (secondary N) is 1. The third kappa shape index (κ3) is 4.96. The molecule has 1 saturated heterocycles. The van der Waals surface area contributed by atoms with Gasteiger partial charge in [-0.25, -0.2) is 4.79 Å². The van der Waals surface area contributed by atoms with Crippen molar-refractivity contribution in [2.45, 2.75) is 45.2 Å². The number of phenols is 1. The van der Waals surface area contributed by atoms with Crippen molar-refractivity contribution < 1.29 is 19.8 Å². The molecule has 126 valence electrons. The molecule has 6 nitrogen and oxygen atoms in total. The Morgan fingerprint density at radius 3 is 2.83 bits per heavy atom. The highest BCUT2D eigenvalue weighted by Gasteiger charge is 2.22. The average Bonchev–Trinajstić information content (AvgIpc) is 2.50. The summed E-state index contributed by atoms with van der Waals surface area (Å²) in [5.74, 6) is -1.34. The molecule has 1 aliphatic heterocycles. The fourth-order valence-electron chi connectivity index (χ4n) is 3.10. The monoisotopic (exact) mass is 320 g/mol. The van der Waals surface area contributed by atoms with E-state index in [1.165, 1.54) is 25.5 Å². The Balaban J connectivity index is 2.02. The number of aromatic hydroxyl groups is 1. The van der Waals surface area contributed by atoms with Crippen molar-refractivity contribution in [1.29, 1.82) is 0 Å². The van der Waals surface area contributed by atoms with Crippen LogP contribution in [0.1, 0.15) is 48.5 Å². The zero-order valence-electron chi connectivity index (χ0n) is 13.4. The van der Waals surface area contributed by atoms with Crippen LogP contribution in [0.3, 0.4) is 0 Å².